The lowest BCUT2D eigenvalue weighted by molar-refractivity contribution is -0.144. The van der Waals surface area contributed by atoms with Gasteiger partial charge in [-0.25, -0.2) is 4.79 Å². The summed E-state index contributed by atoms with van der Waals surface area (Å²) in [4.78, 5) is 54.3. The molecule has 3 atom stereocenters. The first kappa shape index (κ1) is 32.6. The first-order valence-corrected chi connectivity index (χ1v) is 13.7. The monoisotopic (exact) mass is 572 g/mol. The molecule has 0 spiro atoms. The number of nitrogens with zero attached hydrogens (tertiary/aromatic N) is 1. The quantitative estimate of drug-likeness (QED) is 0.353. The van der Waals surface area contributed by atoms with E-state index in [4.69, 9.17) is 22.1 Å². The van der Waals surface area contributed by atoms with Crippen molar-refractivity contribution in [3.63, 3.8) is 0 Å². The number of nitrogens with two attached hydrogens (primary N) is 1. The second-order valence-corrected chi connectivity index (χ2v) is 11.5. The summed E-state index contributed by atoms with van der Waals surface area (Å²) in [5.74, 6) is -1.93. The number of aryl methyl sites for hydroxylation is 3. The molecule has 3 unspecified atom stereocenters. The van der Waals surface area contributed by atoms with Gasteiger partial charge in [0.05, 0.1) is 17.1 Å². The van der Waals surface area contributed by atoms with Gasteiger partial charge in [0.25, 0.3) is 5.91 Å². The lowest BCUT2D eigenvalue weighted by Gasteiger charge is -2.38. The van der Waals surface area contributed by atoms with Crippen molar-refractivity contribution in [1.29, 1.82) is 0 Å². The second kappa shape index (κ2) is 13.7. The van der Waals surface area contributed by atoms with E-state index in [2.05, 4.69) is 10.6 Å². The molecule has 2 rings (SSSR count). The summed E-state index contributed by atoms with van der Waals surface area (Å²) < 4.78 is 5.33. The number of ether oxygens (including phenoxy) is 1. The van der Waals surface area contributed by atoms with E-state index in [0.717, 1.165) is 16.7 Å². The Bertz CT molecular complexity index is 1220. The van der Waals surface area contributed by atoms with Crippen molar-refractivity contribution >= 4 is 41.1 Å². The van der Waals surface area contributed by atoms with Crippen LogP contribution in [-0.4, -0.2) is 46.4 Å². The van der Waals surface area contributed by atoms with Crippen molar-refractivity contribution in [3.8, 4) is 0 Å². The Balaban J connectivity index is 2.67. The molecule has 9 nitrogen and oxygen atoms in total. The number of halogens is 1. The zero-order chi connectivity index (χ0) is 30.4. The van der Waals surface area contributed by atoms with E-state index in [1.807, 2.05) is 52.0 Å². The molecule has 0 aliphatic rings. The number of hydrogen-bond acceptors (Lipinski definition) is 5. The number of hydrogen-bond donors (Lipinski definition) is 3. The molecule has 218 valence electrons. The van der Waals surface area contributed by atoms with E-state index in [-0.39, 0.29) is 0 Å². The third-order valence-corrected chi connectivity index (χ3v) is 6.59. The largest absolute Gasteiger partial charge is 0.444 e. The van der Waals surface area contributed by atoms with E-state index < -0.39 is 54.0 Å². The molecule has 0 heterocycles. The average Bonchev–Trinajstić information content (AvgIpc) is 2.81. The number of para-hydroxylation sites is 1. The summed E-state index contributed by atoms with van der Waals surface area (Å²) in [5, 5.41) is 5.76. The molecular formula is C30H41ClN4O5. The van der Waals surface area contributed by atoms with Crippen molar-refractivity contribution < 1.29 is 23.9 Å². The first-order valence-electron chi connectivity index (χ1n) is 13.3. The number of anilines is 1. The zero-order valence-electron chi connectivity index (χ0n) is 24.6. The van der Waals surface area contributed by atoms with Crippen LogP contribution in [0.2, 0.25) is 5.02 Å². The Labute approximate surface area is 241 Å². The van der Waals surface area contributed by atoms with Gasteiger partial charge in [0.15, 0.2) is 0 Å². The van der Waals surface area contributed by atoms with Gasteiger partial charge >= 0.3 is 6.09 Å². The number of primary amides is 1. The molecule has 0 radical (unpaired) electrons. The summed E-state index contributed by atoms with van der Waals surface area (Å²) in [6.45, 7) is 14.3. The average molecular weight is 573 g/mol. The molecule has 0 aliphatic heterocycles. The maximum atomic E-state index is 14.2. The molecule has 0 aliphatic carbocycles. The summed E-state index contributed by atoms with van der Waals surface area (Å²) in [6.07, 6.45) is -0.868. The van der Waals surface area contributed by atoms with Gasteiger partial charge in [-0.15, -0.1) is 0 Å². The number of amides is 4. The molecule has 0 aromatic heterocycles. The normalized spacial score (nSPS) is 13.5. The topological polar surface area (TPSA) is 131 Å². The van der Waals surface area contributed by atoms with Crippen molar-refractivity contribution in [1.82, 2.24) is 10.2 Å². The molecule has 0 saturated carbocycles. The molecular weight excluding hydrogens is 532 g/mol. The van der Waals surface area contributed by atoms with Crippen LogP contribution in [-0.2, 0) is 19.1 Å². The van der Waals surface area contributed by atoms with Crippen molar-refractivity contribution in [2.75, 3.05) is 5.32 Å². The smallest absolute Gasteiger partial charge is 0.408 e. The predicted molar refractivity (Wildman–Crippen MR) is 157 cm³/mol. The fourth-order valence-electron chi connectivity index (χ4n) is 4.41. The van der Waals surface area contributed by atoms with Gasteiger partial charge in [0.2, 0.25) is 11.8 Å². The van der Waals surface area contributed by atoms with Crippen LogP contribution < -0.4 is 16.4 Å². The number of alkyl carbamates (subject to hydrolysis) is 1. The van der Waals surface area contributed by atoms with Crippen molar-refractivity contribution in [2.45, 2.75) is 92.0 Å². The highest BCUT2D eigenvalue weighted by molar-refractivity contribution is 6.34. The Kier molecular flexibility index (Phi) is 11.1. The molecule has 0 fully saturated rings. The summed E-state index contributed by atoms with van der Waals surface area (Å²) in [6, 6.07) is 7.96. The Morgan fingerprint density at radius 2 is 1.65 bits per heavy atom. The Morgan fingerprint density at radius 1 is 1.05 bits per heavy atom. The number of nitrogens with one attached hydrogen (secondary N) is 2. The zero-order valence-corrected chi connectivity index (χ0v) is 25.3. The number of carbonyl (C=O) groups excluding carboxylic acids is 4. The SMILES string of the molecule is CCC(C)N(C(=O)C(CC(N)=O)NC(=O)OC(C)(C)C)C(C(=O)Nc1c(C)cccc1Cl)c1cc(C)cc(C)c1. The minimum absolute atomic E-state index is 0.354. The standard InChI is InChI=1S/C30H41ClN4O5/c1-9-20(5)35(28(38)23(16-24(32)36)33-29(39)40-30(6,7)8)26(21-14-17(2)13-18(3)15-21)27(37)34-25-19(4)11-10-12-22(25)31/h10-15,20,23,26H,9,16H2,1-8H3,(H2,32,36)(H,33,39)(H,34,37). The molecule has 0 bridgehead atoms. The summed E-state index contributed by atoms with van der Waals surface area (Å²) >= 11 is 6.42. The first-order chi connectivity index (χ1) is 18.5. The summed E-state index contributed by atoms with van der Waals surface area (Å²) in [7, 11) is 0. The van der Waals surface area contributed by atoms with Crippen LogP contribution in [0.1, 0.15) is 75.8 Å². The van der Waals surface area contributed by atoms with Crippen molar-refractivity contribution in [3.05, 3.63) is 63.7 Å². The predicted octanol–water partition coefficient (Wildman–Crippen LogP) is 5.34. The van der Waals surface area contributed by atoms with Gasteiger partial charge in [-0.05, 0) is 72.1 Å². The van der Waals surface area contributed by atoms with Crippen LogP contribution >= 0.6 is 11.6 Å². The van der Waals surface area contributed by atoms with Crippen molar-refractivity contribution in [2.24, 2.45) is 5.73 Å². The highest BCUT2D eigenvalue weighted by Gasteiger charge is 2.39. The third-order valence-electron chi connectivity index (χ3n) is 6.27. The third kappa shape index (κ3) is 8.98. The lowest BCUT2D eigenvalue weighted by atomic mass is 9.96. The van der Waals surface area contributed by atoms with Gasteiger partial charge in [0, 0.05) is 6.04 Å². The minimum atomic E-state index is -1.36. The van der Waals surface area contributed by atoms with Gasteiger partial charge < -0.3 is 26.0 Å². The highest BCUT2D eigenvalue weighted by atomic mass is 35.5. The number of rotatable bonds is 10. The van der Waals surface area contributed by atoms with Crippen LogP contribution in [0, 0.1) is 20.8 Å². The molecule has 2 aromatic rings. The molecule has 10 heteroatoms. The number of benzene rings is 2. The maximum absolute atomic E-state index is 14.2. The Hall–Kier alpha value is -3.59. The molecule has 2 aromatic carbocycles. The highest BCUT2D eigenvalue weighted by Crippen LogP contribution is 2.32. The van der Waals surface area contributed by atoms with Crippen LogP contribution in [0.4, 0.5) is 10.5 Å². The lowest BCUT2D eigenvalue weighted by Crippen LogP contribution is -2.55. The Morgan fingerprint density at radius 3 is 2.15 bits per heavy atom. The van der Waals surface area contributed by atoms with E-state index in [0.29, 0.717) is 22.7 Å². The van der Waals surface area contributed by atoms with Gasteiger partial charge in [0.1, 0.15) is 17.7 Å². The van der Waals surface area contributed by atoms with Gasteiger partial charge in [-0.2, -0.15) is 0 Å². The van der Waals surface area contributed by atoms with Gasteiger partial charge in [-0.1, -0.05) is 60.0 Å². The molecule has 0 saturated heterocycles. The van der Waals surface area contributed by atoms with E-state index in [1.165, 1.54) is 4.90 Å². The van der Waals surface area contributed by atoms with Crippen LogP contribution in [0.3, 0.4) is 0 Å². The van der Waals surface area contributed by atoms with Crippen LogP contribution in [0.5, 0.6) is 0 Å². The summed E-state index contributed by atoms with van der Waals surface area (Å²) in [5.41, 5.74) is 8.19. The molecule has 4 N–H and O–H groups in total. The van der Waals surface area contributed by atoms with Crippen LogP contribution in [0.15, 0.2) is 36.4 Å². The minimum Gasteiger partial charge on any atom is -0.444 e. The second-order valence-electron chi connectivity index (χ2n) is 11.1. The fourth-order valence-corrected chi connectivity index (χ4v) is 4.68. The molecule has 4 amide bonds. The number of carbonyl (C=O) groups is 4. The van der Waals surface area contributed by atoms with Crippen LogP contribution in [0.25, 0.3) is 0 Å². The van der Waals surface area contributed by atoms with E-state index in [9.17, 15) is 19.2 Å². The van der Waals surface area contributed by atoms with Gasteiger partial charge in [-0.3, -0.25) is 14.4 Å². The van der Waals surface area contributed by atoms with E-state index >= 15 is 0 Å². The fraction of sp³-hybridized carbons (Fsp3) is 0.467. The maximum Gasteiger partial charge on any atom is 0.408 e. The van der Waals surface area contributed by atoms with E-state index in [1.54, 1.807) is 39.8 Å². The molecule has 40 heavy (non-hydrogen) atoms.